The van der Waals surface area contributed by atoms with Crippen molar-refractivity contribution in [3.8, 4) is 5.75 Å². The second-order valence-corrected chi connectivity index (χ2v) is 9.13. The Morgan fingerprint density at radius 3 is 2.77 bits per heavy atom. The summed E-state index contributed by atoms with van der Waals surface area (Å²) < 4.78 is 6.23. The van der Waals surface area contributed by atoms with Crippen LogP contribution in [0.25, 0.3) is 0 Å². The highest BCUT2D eigenvalue weighted by molar-refractivity contribution is 8.45. The van der Waals surface area contributed by atoms with Crippen LogP contribution in [0.15, 0.2) is 50.5 Å². The van der Waals surface area contributed by atoms with E-state index in [1.54, 1.807) is 30.6 Å². The van der Waals surface area contributed by atoms with Crippen LogP contribution in [0.4, 0.5) is 5.69 Å². The number of hydrogen-bond acceptors (Lipinski definition) is 7. The van der Waals surface area contributed by atoms with E-state index in [9.17, 15) is 4.79 Å². The summed E-state index contributed by atoms with van der Waals surface area (Å²) in [5.41, 5.74) is 2.75. The number of carbonyl (C=O) groups excluding carboxylic acids is 1. The van der Waals surface area contributed by atoms with Gasteiger partial charge in [-0.15, -0.1) is 0 Å². The predicted octanol–water partition coefficient (Wildman–Crippen LogP) is 5.52. The SMILES string of the molecule is CCSC1=N/C(=C(/C=C2\Sc3ccc(OC)cc3N2CC)CC)C(=O)S1. The lowest BCUT2D eigenvalue weighted by Crippen LogP contribution is -2.16. The van der Waals surface area contributed by atoms with Gasteiger partial charge < -0.3 is 9.64 Å². The van der Waals surface area contributed by atoms with Crippen molar-refractivity contribution in [3.05, 3.63) is 40.6 Å². The average Bonchev–Trinajstić information content (AvgIpc) is 3.18. The number of benzene rings is 1. The number of hydrogen-bond donors (Lipinski definition) is 0. The molecule has 26 heavy (non-hydrogen) atoms. The molecule has 0 aliphatic carbocycles. The van der Waals surface area contributed by atoms with Crippen molar-refractivity contribution in [2.75, 3.05) is 24.3 Å². The fourth-order valence-corrected chi connectivity index (χ4v) is 5.77. The highest BCUT2D eigenvalue weighted by Gasteiger charge is 2.28. The van der Waals surface area contributed by atoms with Gasteiger partial charge in [-0.05, 0) is 54.6 Å². The molecule has 0 saturated carbocycles. The Balaban J connectivity index is 1.98. The Morgan fingerprint density at radius 2 is 2.12 bits per heavy atom. The lowest BCUT2D eigenvalue weighted by molar-refractivity contribution is -0.107. The van der Waals surface area contributed by atoms with Crippen LogP contribution < -0.4 is 9.64 Å². The second-order valence-electron chi connectivity index (χ2n) is 5.59. The molecule has 2 aliphatic rings. The normalized spacial score (nSPS) is 19.8. The third kappa shape index (κ3) is 3.85. The Kier molecular flexibility index (Phi) is 6.42. The third-order valence-corrected chi connectivity index (χ3v) is 7.07. The largest absolute Gasteiger partial charge is 0.497 e. The van der Waals surface area contributed by atoms with Crippen molar-refractivity contribution < 1.29 is 9.53 Å². The molecule has 2 aliphatic heterocycles. The van der Waals surface area contributed by atoms with Crippen LogP contribution in [0.5, 0.6) is 5.75 Å². The first-order valence-electron chi connectivity index (χ1n) is 8.63. The molecule has 3 rings (SSSR count). The summed E-state index contributed by atoms with van der Waals surface area (Å²) in [7, 11) is 1.68. The maximum absolute atomic E-state index is 12.4. The van der Waals surface area contributed by atoms with Gasteiger partial charge in [-0.3, -0.25) is 4.79 Å². The summed E-state index contributed by atoms with van der Waals surface area (Å²) in [5, 5.41) is 1.18. The Labute approximate surface area is 167 Å². The minimum absolute atomic E-state index is 0.0554. The molecule has 0 radical (unpaired) electrons. The Bertz CT molecular complexity index is 815. The summed E-state index contributed by atoms with van der Waals surface area (Å²) in [6.07, 6.45) is 2.90. The van der Waals surface area contributed by atoms with Gasteiger partial charge in [0.1, 0.15) is 15.8 Å². The van der Waals surface area contributed by atoms with Gasteiger partial charge in [-0.25, -0.2) is 4.99 Å². The molecule has 0 atom stereocenters. The number of carbonyl (C=O) groups is 1. The van der Waals surface area contributed by atoms with Gasteiger partial charge in [0.15, 0.2) is 0 Å². The van der Waals surface area contributed by atoms with Gasteiger partial charge in [0, 0.05) is 17.5 Å². The summed E-state index contributed by atoms with van der Waals surface area (Å²) in [6, 6.07) is 6.14. The molecule has 0 spiro atoms. The van der Waals surface area contributed by atoms with E-state index in [1.807, 2.05) is 6.07 Å². The van der Waals surface area contributed by atoms with E-state index >= 15 is 0 Å². The molecule has 0 amide bonds. The van der Waals surface area contributed by atoms with Gasteiger partial charge in [-0.1, -0.05) is 37.4 Å². The van der Waals surface area contributed by atoms with Crippen molar-refractivity contribution >= 4 is 50.5 Å². The molecular formula is C19H22N2O2S3. The molecule has 1 aromatic carbocycles. The smallest absolute Gasteiger partial charge is 0.244 e. The minimum atomic E-state index is 0.0554. The molecular weight excluding hydrogens is 384 g/mol. The zero-order chi connectivity index (χ0) is 18.7. The molecule has 0 bridgehead atoms. The fourth-order valence-electron chi connectivity index (χ4n) is 2.80. The maximum atomic E-state index is 12.4. The predicted molar refractivity (Wildman–Crippen MR) is 115 cm³/mol. The van der Waals surface area contributed by atoms with Crippen LogP contribution in [-0.2, 0) is 4.79 Å². The number of thioether (sulfide) groups is 3. The van der Waals surface area contributed by atoms with Gasteiger partial charge in [-0.2, -0.15) is 0 Å². The number of aliphatic imine (C=N–C) groups is 1. The van der Waals surface area contributed by atoms with E-state index in [0.29, 0.717) is 5.70 Å². The lowest BCUT2D eigenvalue weighted by Gasteiger charge is -2.19. The van der Waals surface area contributed by atoms with E-state index in [1.165, 1.54) is 16.7 Å². The van der Waals surface area contributed by atoms with Gasteiger partial charge in [0.2, 0.25) is 5.12 Å². The molecule has 2 heterocycles. The number of anilines is 1. The molecule has 0 aromatic heterocycles. The quantitative estimate of drug-likeness (QED) is 0.600. The van der Waals surface area contributed by atoms with E-state index < -0.39 is 0 Å². The number of rotatable bonds is 5. The van der Waals surface area contributed by atoms with Crippen LogP contribution in [0.3, 0.4) is 0 Å². The lowest BCUT2D eigenvalue weighted by atomic mass is 10.1. The minimum Gasteiger partial charge on any atom is -0.497 e. The highest BCUT2D eigenvalue weighted by Crippen LogP contribution is 2.48. The molecule has 1 aromatic rings. The highest BCUT2D eigenvalue weighted by atomic mass is 32.2. The van der Waals surface area contributed by atoms with Crippen molar-refractivity contribution in [3.63, 3.8) is 0 Å². The van der Waals surface area contributed by atoms with Crippen LogP contribution >= 0.6 is 35.3 Å². The molecule has 138 valence electrons. The van der Waals surface area contributed by atoms with E-state index in [-0.39, 0.29) is 5.12 Å². The first-order chi connectivity index (χ1) is 12.6. The summed E-state index contributed by atoms with van der Waals surface area (Å²) in [4.78, 5) is 20.4. The molecule has 0 unspecified atom stereocenters. The third-order valence-electron chi connectivity index (χ3n) is 4.08. The molecule has 0 fully saturated rings. The summed E-state index contributed by atoms with van der Waals surface area (Å²) in [6.45, 7) is 7.13. The van der Waals surface area contributed by atoms with Crippen LogP contribution in [-0.4, -0.2) is 28.9 Å². The average molecular weight is 407 g/mol. The monoisotopic (exact) mass is 406 g/mol. The van der Waals surface area contributed by atoms with Crippen LogP contribution in [0.2, 0.25) is 0 Å². The Hall–Kier alpha value is -1.31. The maximum Gasteiger partial charge on any atom is 0.244 e. The van der Waals surface area contributed by atoms with Crippen LogP contribution in [0, 0.1) is 0 Å². The molecule has 4 nitrogen and oxygen atoms in total. The van der Waals surface area contributed by atoms with Crippen LogP contribution in [0.1, 0.15) is 27.2 Å². The van der Waals surface area contributed by atoms with Crippen molar-refractivity contribution in [2.45, 2.75) is 32.1 Å². The van der Waals surface area contributed by atoms with E-state index in [2.05, 4.69) is 48.9 Å². The standard InChI is InChI=1S/C19H22N2O2S3/c1-5-12(17-18(22)26-19(20-17)24-7-3)10-16-21(6-2)14-11-13(23-4)8-9-15(14)25-16/h8-11H,5-7H2,1-4H3/b16-10-,17-12+. The summed E-state index contributed by atoms with van der Waals surface area (Å²) in [5.74, 6) is 1.78. The molecule has 7 heteroatoms. The van der Waals surface area contributed by atoms with Gasteiger partial charge in [0.05, 0.1) is 17.8 Å². The first kappa shape index (κ1) is 19.5. The van der Waals surface area contributed by atoms with Crippen molar-refractivity contribution in [2.24, 2.45) is 4.99 Å². The van der Waals surface area contributed by atoms with E-state index in [4.69, 9.17) is 4.74 Å². The molecule has 0 N–H and O–H groups in total. The fraction of sp³-hybridized carbons (Fsp3) is 0.368. The number of methoxy groups -OCH3 is 1. The molecule has 0 saturated heterocycles. The number of ether oxygens (including phenoxy) is 1. The summed E-state index contributed by atoms with van der Waals surface area (Å²) >= 11 is 4.60. The van der Waals surface area contributed by atoms with Gasteiger partial charge >= 0.3 is 0 Å². The van der Waals surface area contributed by atoms with Crippen molar-refractivity contribution in [1.82, 2.24) is 0 Å². The Morgan fingerprint density at radius 1 is 1.31 bits per heavy atom. The number of nitrogens with zero attached hydrogens (tertiary/aromatic N) is 2. The number of allylic oxidation sites excluding steroid dienone is 2. The zero-order valence-electron chi connectivity index (χ0n) is 15.4. The van der Waals surface area contributed by atoms with Crippen molar-refractivity contribution in [1.29, 1.82) is 0 Å². The first-order valence-corrected chi connectivity index (χ1v) is 11.2. The van der Waals surface area contributed by atoms with E-state index in [0.717, 1.165) is 45.1 Å². The zero-order valence-corrected chi connectivity index (χ0v) is 17.8. The van der Waals surface area contributed by atoms with Gasteiger partial charge in [0.25, 0.3) is 0 Å². The second kappa shape index (κ2) is 8.59. The topological polar surface area (TPSA) is 41.9 Å². The number of fused-ring (bicyclic) bond motifs is 1.